The van der Waals surface area contributed by atoms with E-state index < -0.39 is 5.41 Å². The van der Waals surface area contributed by atoms with Crippen molar-refractivity contribution in [3.63, 3.8) is 0 Å². The molecule has 0 fully saturated rings. The number of halogens is 1. The fourth-order valence-corrected chi connectivity index (χ4v) is 5.37. The first-order valence-electron chi connectivity index (χ1n) is 11.3. The lowest BCUT2D eigenvalue weighted by Crippen LogP contribution is -2.37. The van der Waals surface area contributed by atoms with E-state index in [-0.39, 0.29) is 5.92 Å². The second kappa shape index (κ2) is 9.48. The summed E-state index contributed by atoms with van der Waals surface area (Å²) in [6, 6.07) is 51.5. The van der Waals surface area contributed by atoms with E-state index in [2.05, 4.69) is 133 Å². The highest BCUT2D eigenvalue weighted by atomic mass is 35.5. The zero-order valence-corrected chi connectivity index (χ0v) is 19.1. The number of rotatable bonds is 6. The molecule has 0 aliphatic heterocycles. The number of hydrogen-bond donors (Lipinski definition) is 0. The standard InChI is InChI=1S/C32H25Cl/c33-30-24-14-13-23-29(30)31(25-15-5-1-6-16-25)32(26-17-7-2-8-18-26,27-19-9-3-10-20-27)28-21-11-4-12-22-28/h1-24,31H. The third-order valence-corrected chi connectivity index (χ3v) is 6.81. The lowest BCUT2D eigenvalue weighted by atomic mass is 9.58. The van der Waals surface area contributed by atoms with Crippen molar-refractivity contribution in [2.45, 2.75) is 11.3 Å². The molecule has 0 radical (unpaired) electrons. The minimum atomic E-state index is -0.490. The van der Waals surface area contributed by atoms with Crippen LogP contribution in [0.15, 0.2) is 146 Å². The van der Waals surface area contributed by atoms with E-state index in [4.69, 9.17) is 11.6 Å². The van der Waals surface area contributed by atoms with Gasteiger partial charge in [-0.2, -0.15) is 0 Å². The molecule has 5 rings (SSSR count). The molecule has 0 saturated carbocycles. The van der Waals surface area contributed by atoms with Crippen LogP contribution in [0.3, 0.4) is 0 Å². The topological polar surface area (TPSA) is 0 Å². The third-order valence-electron chi connectivity index (χ3n) is 6.47. The molecule has 0 saturated heterocycles. The van der Waals surface area contributed by atoms with Crippen LogP contribution in [0.1, 0.15) is 33.7 Å². The SMILES string of the molecule is Clc1ccccc1C(c1ccccc1)C(c1ccccc1)(c1ccccc1)c1ccccc1. The van der Waals surface area contributed by atoms with Crippen molar-refractivity contribution in [1.29, 1.82) is 0 Å². The maximum absolute atomic E-state index is 6.94. The van der Waals surface area contributed by atoms with Crippen LogP contribution >= 0.6 is 11.6 Å². The highest BCUT2D eigenvalue weighted by molar-refractivity contribution is 6.31. The molecule has 0 spiro atoms. The lowest BCUT2D eigenvalue weighted by Gasteiger charge is -2.44. The van der Waals surface area contributed by atoms with Gasteiger partial charge in [0, 0.05) is 10.9 Å². The second-order valence-corrected chi connectivity index (χ2v) is 8.68. The van der Waals surface area contributed by atoms with Crippen LogP contribution in [-0.2, 0) is 5.41 Å². The summed E-state index contributed by atoms with van der Waals surface area (Å²) in [5, 5.41) is 0.776. The monoisotopic (exact) mass is 444 g/mol. The first-order chi connectivity index (χ1) is 16.3. The van der Waals surface area contributed by atoms with E-state index in [9.17, 15) is 0 Å². The van der Waals surface area contributed by atoms with Gasteiger partial charge in [-0.05, 0) is 33.9 Å². The third kappa shape index (κ3) is 3.88. The van der Waals surface area contributed by atoms with Crippen molar-refractivity contribution in [2.75, 3.05) is 0 Å². The van der Waals surface area contributed by atoms with E-state index >= 15 is 0 Å². The highest BCUT2D eigenvalue weighted by Crippen LogP contribution is 2.53. The van der Waals surface area contributed by atoms with Gasteiger partial charge in [-0.15, -0.1) is 0 Å². The number of benzene rings is 5. The number of hydrogen-bond acceptors (Lipinski definition) is 0. The summed E-state index contributed by atoms with van der Waals surface area (Å²) in [7, 11) is 0. The van der Waals surface area contributed by atoms with Gasteiger partial charge in [0.05, 0.1) is 5.41 Å². The summed E-state index contributed by atoms with van der Waals surface area (Å²) < 4.78 is 0. The predicted molar refractivity (Wildman–Crippen MR) is 139 cm³/mol. The first-order valence-corrected chi connectivity index (χ1v) is 11.7. The lowest BCUT2D eigenvalue weighted by molar-refractivity contribution is 0.537. The molecule has 0 bridgehead atoms. The molecule has 0 nitrogen and oxygen atoms in total. The van der Waals surface area contributed by atoms with Crippen molar-refractivity contribution in [2.24, 2.45) is 0 Å². The molecule has 0 aromatic heterocycles. The van der Waals surface area contributed by atoms with Crippen LogP contribution in [0.4, 0.5) is 0 Å². The zero-order valence-electron chi connectivity index (χ0n) is 18.3. The van der Waals surface area contributed by atoms with Crippen LogP contribution in [0.25, 0.3) is 0 Å². The fourth-order valence-electron chi connectivity index (χ4n) is 5.12. The fraction of sp³-hybridized carbons (Fsp3) is 0.0625. The van der Waals surface area contributed by atoms with Crippen molar-refractivity contribution in [1.82, 2.24) is 0 Å². The van der Waals surface area contributed by atoms with Crippen molar-refractivity contribution < 1.29 is 0 Å². The van der Waals surface area contributed by atoms with Crippen LogP contribution in [0.5, 0.6) is 0 Å². The second-order valence-electron chi connectivity index (χ2n) is 8.27. The first kappa shape index (κ1) is 21.2. The normalized spacial score (nSPS) is 12.3. The van der Waals surface area contributed by atoms with Gasteiger partial charge in [0.2, 0.25) is 0 Å². The van der Waals surface area contributed by atoms with Gasteiger partial charge in [0.1, 0.15) is 0 Å². The summed E-state index contributed by atoms with van der Waals surface area (Å²) >= 11 is 6.94. The molecule has 5 aromatic rings. The Labute approximate surface area is 201 Å². The van der Waals surface area contributed by atoms with Crippen LogP contribution in [-0.4, -0.2) is 0 Å². The maximum Gasteiger partial charge on any atom is 0.0560 e. The average Bonchev–Trinajstić information content (AvgIpc) is 2.90. The summed E-state index contributed by atoms with van der Waals surface area (Å²) in [6.45, 7) is 0. The summed E-state index contributed by atoms with van der Waals surface area (Å²) in [5.74, 6) is -0.0420. The predicted octanol–water partition coefficient (Wildman–Crippen LogP) is 8.51. The Kier molecular flexibility index (Phi) is 6.11. The van der Waals surface area contributed by atoms with E-state index in [1.165, 1.54) is 22.3 Å². The average molecular weight is 445 g/mol. The van der Waals surface area contributed by atoms with Crippen molar-refractivity contribution in [3.8, 4) is 0 Å². The van der Waals surface area contributed by atoms with E-state index in [1.807, 2.05) is 12.1 Å². The van der Waals surface area contributed by atoms with E-state index in [1.54, 1.807) is 0 Å². The zero-order chi connectivity index (χ0) is 22.5. The van der Waals surface area contributed by atoms with Crippen LogP contribution in [0.2, 0.25) is 5.02 Å². The van der Waals surface area contributed by atoms with E-state index in [0.717, 1.165) is 10.6 Å². The molecule has 160 valence electrons. The van der Waals surface area contributed by atoms with Gasteiger partial charge in [-0.3, -0.25) is 0 Å². The van der Waals surface area contributed by atoms with E-state index in [0.29, 0.717) is 0 Å². The Morgan fingerprint density at radius 2 is 0.788 bits per heavy atom. The Morgan fingerprint density at radius 3 is 1.21 bits per heavy atom. The molecule has 0 aliphatic rings. The van der Waals surface area contributed by atoms with Gasteiger partial charge in [0.15, 0.2) is 0 Å². The smallest absolute Gasteiger partial charge is 0.0560 e. The Morgan fingerprint density at radius 1 is 0.424 bits per heavy atom. The molecule has 1 atom stereocenters. The maximum atomic E-state index is 6.94. The van der Waals surface area contributed by atoms with Crippen molar-refractivity contribution in [3.05, 3.63) is 178 Å². The molecule has 0 amide bonds. The summed E-state index contributed by atoms with van der Waals surface area (Å²) in [6.07, 6.45) is 0. The summed E-state index contributed by atoms with van der Waals surface area (Å²) in [4.78, 5) is 0. The quantitative estimate of drug-likeness (QED) is 0.230. The molecular formula is C32H25Cl. The molecule has 1 heteroatoms. The minimum absolute atomic E-state index is 0.0420. The van der Waals surface area contributed by atoms with Gasteiger partial charge in [-0.1, -0.05) is 151 Å². The molecule has 0 heterocycles. The van der Waals surface area contributed by atoms with Gasteiger partial charge >= 0.3 is 0 Å². The molecule has 5 aromatic carbocycles. The molecular weight excluding hydrogens is 420 g/mol. The minimum Gasteiger partial charge on any atom is -0.0840 e. The van der Waals surface area contributed by atoms with Gasteiger partial charge < -0.3 is 0 Å². The Hall–Kier alpha value is -3.61. The van der Waals surface area contributed by atoms with Gasteiger partial charge in [0.25, 0.3) is 0 Å². The Balaban J connectivity index is 1.97. The summed E-state index contributed by atoms with van der Waals surface area (Å²) in [5.41, 5.74) is 5.54. The Bertz CT molecular complexity index is 1200. The van der Waals surface area contributed by atoms with Gasteiger partial charge in [-0.25, -0.2) is 0 Å². The molecule has 0 N–H and O–H groups in total. The van der Waals surface area contributed by atoms with Crippen LogP contribution in [0, 0.1) is 0 Å². The van der Waals surface area contributed by atoms with Crippen molar-refractivity contribution >= 4 is 11.6 Å². The highest BCUT2D eigenvalue weighted by Gasteiger charge is 2.45. The molecule has 1 unspecified atom stereocenters. The molecule has 0 aliphatic carbocycles. The molecule has 33 heavy (non-hydrogen) atoms. The van der Waals surface area contributed by atoms with Crippen LogP contribution < -0.4 is 0 Å². The largest absolute Gasteiger partial charge is 0.0840 e.